The zero-order valence-corrected chi connectivity index (χ0v) is 11.7. The van der Waals surface area contributed by atoms with Gasteiger partial charge in [0.15, 0.2) is 0 Å². The molecular formula is C15H14OS2. The Kier molecular flexibility index (Phi) is 3.20. The van der Waals surface area contributed by atoms with Crippen molar-refractivity contribution in [3.63, 3.8) is 0 Å². The predicted octanol–water partition coefficient (Wildman–Crippen LogP) is 4.55. The van der Waals surface area contributed by atoms with Crippen molar-refractivity contribution in [3.8, 4) is 0 Å². The summed E-state index contributed by atoms with van der Waals surface area (Å²) < 4.78 is 1.29. The average Bonchev–Trinajstić information content (AvgIpc) is 2.97. The van der Waals surface area contributed by atoms with Crippen LogP contribution in [0.25, 0.3) is 10.1 Å². The van der Waals surface area contributed by atoms with Gasteiger partial charge in [0.2, 0.25) is 0 Å². The number of benzene rings is 1. The van der Waals surface area contributed by atoms with Crippen LogP contribution in [0.15, 0.2) is 41.1 Å². The Balaban J connectivity index is 1.91. The summed E-state index contributed by atoms with van der Waals surface area (Å²) in [5.41, 5.74) is 2.43. The highest BCUT2D eigenvalue weighted by atomic mass is 32.1. The second-order valence-corrected chi connectivity index (χ2v) is 6.30. The molecule has 2 aromatic heterocycles. The maximum absolute atomic E-state index is 10.3. The van der Waals surface area contributed by atoms with E-state index in [1.807, 2.05) is 5.38 Å². The molecule has 3 heteroatoms. The van der Waals surface area contributed by atoms with E-state index in [9.17, 15) is 5.11 Å². The number of rotatable bonds is 3. The Morgan fingerprint density at radius 3 is 2.78 bits per heavy atom. The molecule has 0 bridgehead atoms. The molecule has 0 saturated carbocycles. The molecule has 3 aromatic rings. The van der Waals surface area contributed by atoms with Crippen LogP contribution < -0.4 is 0 Å². The fraction of sp³-hybridized carbons (Fsp3) is 0.200. The highest BCUT2D eigenvalue weighted by Crippen LogP contribution is 2.32. The number of thiophene rings is 2. The molecule has 1 unspecified atom stereocenters. The molecule has 0 aliphatic heterocycles. The third kappa shape index (κ3) is 2.09. The normalized spacial score (nSPS) is 13.0. The van der Waals surface area contributed by atoms with Gasteiger partial charge in [-0.3, -0.25) is 0 Å². The number of aliphatic hydroxyl groups is 1. The van der Waals surface area contributed by atoms with Crippen LogP contribution >= 0.6 is 22.7 Å². The Morgan fingerprint density at radius 1 is 1.17 bits per heavy atom. The third-order valence-electron chi connectivity index (χ3n) is 3.18. The Morgan fingerprint density at radius 2 is 2.00 bits per heavy atom. The van der Waals surface area contributed by atoms with Crippen LogP contribution in [-0.4, -0.2) is 5.11 Å². The van der Waals surface area contributed by atoms with Crippen LogP contribution in [0.1, 0.15) is 22.1 Å². The fourth-order valence-electron chi connectivity index (χ4n) is 2.22. The molecule has 1 N–H and O–H groups in total. The summed E-state index contributed by atoms with van der Waals surface area (Å²) >= 11 is 3.39. The summed E-state index contributed by atoms with van der Waals surface area (Å²) in [4.78, 5) is 1.09. The van der Waals surface area contributed by atoms with E-state index in [0.29, 0.717) is 6.42 Å². The van der Waals surface area contributed by atoms with E-state index >= 15 is 0 Å². The monoisotopic (exact) mass is 274 g/mol. The van der Waals surface area contributed by atoms with Gasteiger partial charge in [0.05, 0.1) is 6.10 Å². The quantitative estimate of drug-likeness (QED) is 0.743. The molecule has 0 saturated heterocycles. The molecule has 3 rings (SSSR count). The lowest BCUT2D eigenvalue weighted by molar-refractivity contribution is 0.182. The first-order valence-corrected chi connectivity index (χ1v) is 7.69. The smallest absolute Gasteiger partial charge is 0.0925 e. The molecule has 0 radical (unpaired) electrons. The van der Waals surface area contributed by atoms with E-state index in [0.717, 1.165) is 4.88 Å². The Hall–Kier alpha value is -1.16. The van der Waals surface area contributed by atoms with Crippen LogP contribution in [0.4, 0.5) is 0 Å². The number of hydrogen-bond acceptors (Lipinski definition) is 3. The summed E-state index contributed by atoms with van der Waals surface area (Å²) in [6.07, 6.45) is 0.314. The molecular weight excluding hydrogens is 260 g/mol. The van der Waals surface area contributed by atoms with Gasteiger partial charge in [0.1, 0.15) is 0 Å². The molecule has 92 valence electrons. The van der Waals surface area contributed by atoms with Crippen LogP contribution in [-0.2, 0) is 6.42 Å². The predicted molar refractivity (Wildman–Crippen MR) is 79.5 cm³/mol. The minimum Gasteiger partial charge on any atom is -0.387 e. The Bertz CT molecular complexity index is 666. The Labute approximate surface area is 114 Å². The van der Waals surface area contributed by atoms with Crippen LogP contribution in [0, 0.1) is 6.92 Å². The molecule has 1 atom stereocenters. The summed E-state index contributed by atoms with van der Waals surface area (Å²) in [6, 6.07) is 10.4. The van der Waals surface area contributed by atoms with Gasteiger partial charge in [-0.1, -0.05) is 18.2 Å². The van der Waals surface area contributed by atoms with Crippen molar-refractivity contribution in [3.05, 3.63) is 57.1 Å². The second-order valence-electron chi connectivity index (χ2n) is 4.44. The van der Waals surface area contributed by atoms with Gasteiger partial charge in [-0.05, 0) is 46.3 Å². The largest absolute Gasteiger partial charge is 0.387 e. The lowest BCUT2D eigenvalue weighted by atomic mass is 10.0. The van der Waals surface area contributed by atoms with Crippen molar-refractivity contribution in [2.24, 2.45) is 0 Å². The van der Waals surface area contributed by atoms with Crippen molar-refractivity contribution in [1.82, 2.24) is 0 Å². The first-order chi connectivity index (χ1) is 8.75. The third-order valence-corrected chi connectivity index (χ3v) is 5.31. The number of aryl methyl sites for hydroxylation is 1. The van der Waals surface area contributed by atoms with Gasteiger partial charge in [0.25, 0.3) is 0 Å². The summed E-state index contributed by atoms with van der Waals surface area (Å²) in [5, 5.41) is 15.8. The summed E-state index contributed by atoms with van der Waals surface area (Å²) in [6.45, 7) is 2.06. The summed E-state index contributed by atoms with van der Waals surface area (Å²) in [7, 11) is 0. The highest BCUT2D eigenvalue weighted by Gasteiger charge is 2.14. The van der Waals surface area contributed by atoms with Crippen molar-refractivity contribution in [1.29, 1.82) is 0 Å². The SMILES string of the molecule is Cc1ccsc1C(O)Cc1csc2ccccc12. The maximum Gasteiger partial charge on any atom is 0.0925 e. The first-order valence-electron chi connectivity index (χ1n) is 5.93. The van der Waals surface area contributed by atoms with Crippen LogP contribution in [0.3, 0.4) is 0 Å². The molecule has 2 heterocycles. The van der Waals surface area contributed by atoms with Crippen molar-refractivity contribution >= 4 is 32.8 Å². The standard InChI is InChI=1S/C15H14OS2/c1-10-6-7-17-15(10)13(16)8-11-9-18-14-5-3-2-4-12(11)14/h2-7,9,13,16H,8H2,1H3. The molecule has 1 nitrogen and oxygen atoms in total. The van der Waals surface area contributed by atoms with Crippen molar-refractivity contribution in [2.75, 3.05) is 0 Å². The van der Waals surface area contributed by atoms with E-state index in [2.05, 4.69) is 42.6 Å². The first kappa shape index (κ1) is 11.9. The van der Waals surface area contributed by atoms with E-state index in [1.54, 1.807) is 22.7 Å². The summed E-state index contributed by atoms with van der Waals surface area (Å²) in [5.74, 6) is 0. The van der Waals surface area contributed by atoms with Gasteiger partial charge in [0, 0.05) is 16.0 Å². The lowest BCUT2D eigenvalue weighted by Crippen LogP contribution is -2.00. The van der Waals surface area contributed by atoms with E-state index < -0.39 is 0 Å². The van der Waals surface area contributed by atoms with E-state index in [4.69, 9.17) is 0 Å². The number of aliphatic hydroxyl groups excluding tert-OH is 1. The minimum absolute atomic E-state index is 0.386. The van der Waals surface area contributed by atoms with E-state index in [1.165, 1.54) is 21.2 Å². The van der Waals surface area contributed by atoms with E-state index in [-0.39, 0.29) is 6.10 Å². The molecule has 0 aliphatic rings. The van der Waals surface area contributed by atoms with Gasteiger partial charge in [-0.25, -0.2) is 0 Å². The zero-order chi connectivity index (χ0) is 12.5. The molecule has 18 heavy (non-hydrogen) atoms. The molecule has 1 aromatic carbocycles. The molecule has 0 spiro atoms. The van der Waals surface area contributed by atoms with Crippen LogP contribution in [0.2, 0.25) is 0 Å². The highest BCUT2D eigenvalue weighted by molar-refractivity contribution is 7.17. The average molecular weight is 274 g/mol. The lowest BCUT2D eigenvalue weighted by Gasteiger charge is -2.09. The van der Waals surface area contributed by atoms with Gasteiger partial charge < -0.3 is 5.11 Å². The zero-order valence-electron chi connectivity index (χ0n) is 10.1. The van der Waals surface area contributed by atoms with Crippen molar-refractivity contribution < 1.29 is 5.11 Å². The maximum atomic E-state index is 10.3. The molecule has 0 fully saturated rings. The number of hydrogen-bond donors (Lipinski definition) is 1. The van der Waals surface area contributed by atoms with Gasteiger partial charge >= 0.3 is 0 Å². The fourth-order valence-corrected chi connectivity index (χ4v) is 4.11. The molecule has 0 amide bonds. The minimum atomic E-state index is -0.386. The van der Waals surface area contributed by atoms with Crippen LogP contribution in [0.5, 0.6) is 0 Å². The van der Waals surface area contributed by atoms with Crippen molar-refractivity contribution in [2.45, 2.75) is 19.4 Å². The number of fused-ring (bicyclic) bond motifs is 1. The topological polar surface area (TPSA) is 20.2 Å². The van der Waals surface area contributed by atoms with Gasteiger partial charge in [-0.15, -0.1) is 22.7 Å². The van der Waals surface area contributed by atoms with Gasteiger partial charge in [-0.2, -0.15) is 0 Å². The second kappa shape index (κ2) is 4.84. The molecule has 0 aliphatic carbocycles.